The van der Waals surface area contributed by atoms with Crippen molar-refractivity contribution >= 4 is 12.0 Å². The molecule has 3 rings (SSSR count). The van der Waals surface area contributed by atoms with Gasteiger partial charge in [-0.15, -0.1) is 0 Å². The second-order valence-electron chi connectivity index (χ2n) is 5.87. The van der Waals surface area contributed by atoms with Crippen LogP contribution in [0.3, 0.4) is 0 Å². The third kappa shape index (κ3) is 3.74. The molecule has 24 heavy (non-hydrogen) atoms. The smallest absolute Gasteiger partial charge is 0.409 e. The summed E-state index contributed by atoms with van der Waals surface area (Å²) in [5.41, 5.74) is 2.82. The second-order valence-corrected chi connectivity index (χ2v) is 5.87. The molecule has 1 atom stereocenters. The number of carbonyl (C=O) groups excluding carboxylic acids is 2. The number of rotatable bonds is 5. The van der Waals surface area contributed by atoms with Crippen molar-refractivity contribution in [1.29, 1.82) is 0 Å². The van der Waals surface area contributed by atoms with Gasteiger partial charge in [0.1, 0.15) is 6.10 Å². The number of ether oxygens (including phenoxy) is 1. The average molecular weight is 324 g/mol. The van der Waals surface area contributed by atoms with Crippen molar-refractivity contribution in [1.82, 2.24) is 10.2 Å². The molecule has 1 aliphatic heterocycles. The Morgan fingerprint density at radius 2 is 1.79 bits per heavy atom. The average Bonchev–Trinajstić information content (AvgIpc) is 2.93. The van der Waals surface area contributed by atoms with Crippen LogP contribution < -0.4 is 5.32 Å². The molecule has 1 saturated heterocycles. The summed E-state index contributed by atoms with van der Waals surface area (Å²) < 4.78 is 5.16. The molecule has 5 nitrogen and oxygen atoms in total. The molecule has 0 radical (unpaired) electrons. The molecule has 0 spiro atoms. The van der Waals surface area contributed by atoms with Gasteiger partial charge in [0.15, 0.2) is 0 Å². The minimum Gasteiger partial charge on any atom is -0.444 e. The summed E-state index contributed by atoms with van der Waals surface area (Å²) in [5.74, 6) is -0.118. The van der Waals surface area contributed by atoms with Crippen LogP contribution in [-0.2, 0) is 4.74 Å². The van der Waals surface area contributed by atoms with Gasteiger partial charge in [0.05, 0.1) is 6.54 Å². The van der Waals surface area contributed by atoms with Crippen LogP contribution in [0.15, 0.2) is 54.6 Å². The first kappa shape index (κ1) is 16.1. The van der Waals surface area contributed by atoms with Crippen LogP contribution in [0.4, 0.5) is 4.79 Å². The Balaban J connectivity index is 1.51. The Morgan fingerprint density at radius 3 is 2.42 bits per heavy atom. The maximum Gasteiger partial charge on any atom is 0.409 e. The zero-order valence-corrected chi connectivity index (χ0v) is 13.6. The molecular weight excluding hydrogens is 304 g/mol. The largest absolute Gasteiger partial charge is 0.444 e. The lowest BCUT2D eigenvalue weighted by atomic mass is 10.0. The summed E-state index contributed by atoms with van der Waals surface area (Å²) in [4.78, 5) is 25.0. The maximum absolute atomic E-state index is 12.2. The summed E-state index contributed by atoms with van der Waals surface area (Å²) >= 11 is 0. The molecule has 1 fully saturated rings. The Labute approximate surface area is 141 Å². The lowest BCUT2D eigenvalue weighted by molar-refractivity contribution is 0.0944. The van der Waals surface area contributed by atoms with Crippen LogP contribution >= 0.6 is 0 Å². The molecule has 0 aliphatic carbocycles. The quantitative estimate of drug-likeness (QED) is 0.920. The molecule has 0 bridgehead atoms. The maximum atomic E-state index is 12.2. The van der Waals surface area contributed by atoms with Crippen molar-refractivity contribution in [3.8, 4) is 11.1 Å². The summed E-state index contributed by atoms with van der Waals surface area (Å²) in [6.45, 7) is 1.05. The van der Waals surface area contributed by atoms with Gasteiger partial charge in [-0.3, -0.25) is 4.79 Å². The number of likely N-dealkylation sites (N-methyl/N-ethyl adjacent to an activating group) is 1. The fourth-order valence-corrected chi connectivity index (χ4v) is 2.69. The molecule has 0 saturated carbocycles. The summed E-state index contributed by atoms with van der Waals surface area (Å²) in [5, 5.41) is 2.87. The first-order chi connectivity index (χ1) is 11.6. The molecule has 1 heterocycles. The molecule has 5 heteroatoms. The fourth-order valence-electron chi connectivity index (χ4n) is 2.69. The van der Waals surface area contributed by atoms with Crippen molar-refractivity contribution in [3.63, 3.8) is 0 Å². The number of carbonyl (C=O) groups is 2. The van der Waals surface area contributed by atoms with Crippen LogP contribution in [0.25, 0.3) is 11.1 Å². The van der Waals surface area contributed by atoms with E-state index in [9.17, 15) is 9.59 Å². The predicted octanol–water partition coefficient (Wildman–Crippen LogP) is 2.92. The third-order valence-electron chi connectivity index (χ3n) is 4.06. The zero-order valence-electron chi connectivity index (χ0n) is 13.6. The van der Waals surface area contributed by atoms with Crippen molar-refractivity contribution in [3.05, 3.63) is 60.2 Å². The van der Waals surface area contributed by atoms with Gasteiger partial charge in [-0.25, -0.2) is 4.79 Å². The van der Waals surface area contributed by atoms with Crippen LogP contribution in [0.1, 0.15) is 16.8 Å². The number of benzene rings is 2. The second kappa shape index (κ2) is 7.17. The number of hydrogen-bond acceptors (Lipinski definition) is 3. The zero-order chi connectivity index (χ0) is 16.9. The van der Waals surface area contributed by atoms with Crippen LogP contribution in [-0.4, -0.2) is 43.1 Å². The number of cyclic esters (lactones) is 1. The number of amides is 2. The van der Waals surface area contributed by atoms with E-state index in [0.29, 0.717) is 25.1 Å². The van der Waals surface area contributed by atoms with Crippen LogP contribution in [0.2, 0.25) is 0 Å². The Hall–Kier alpha value is -2.82. The third-order valence-corrected chi connectivity index (χ3v) is 4.06. The van der Waals surface area contributed by atoms with Gasteiger partial charge in [-0.1, -0.05) is 42.5 Å². The highest BCUT2D eigenvalue weighted by atomic mass is 16.6. The van der Waals surface area contributed by atoms with Gasteiger partial charge < -0.3 is 15.0 Å². The molecule has 1 unspecified atom stereocenters. The van der Waals surface area contributed by atoms with E-state index in [-0.39, 0.29) is 18.1 Å². The van der Waals surface area contributed by atoms with E-state index in [1.165, 1.54) is 4.90 Å². The lowest BCUT2D eigenvalue weighted by Crippen LogP contribution is -2.28. The van der Waals surface area contributed by atoms with Crippen molar-refractivity contribution in [2.75, 3.05) is 20.1 Å². The molecular formula is C19H20N2O3. The van der Waals surface area contributed by atoms with Crippen molar-refractivity contribution in [2.24, 2.45) is 0 Å². The van der Waals surface area contributed by atoms with E-state index < -0.39 is 0 Å². The normalized spacial score (nSPS) is 16.8. The molecule has 2 amide bonds. The SMILES string of the molecule is CN1CC(CCNC(=O)c2ccc(-c3ccccc3)cc2)OC1=O. The molecule has 1 aliphatic rings. The minimum atomic E-state index is -0.303. The van der Waals surface area contributed by atoms with Crippen LogP contribution in [0.5, 0.6) is 0 Å². The lowest BCUT2D eigenvalue weighted by Gasteiger charge is -2.09. The summed E-state index contributed by atoms with van der Waals surface area (Å²) in [7, 11) is 1.70. The molecule has 0 aromatic heterocycles. The Kier molecular flexibility index (Phi) is 4.79. The minimum absolute atomic E-state index is 0.118. The van der Waals surface area contributed by atoms with Crippen molar-refractivity contribution < 1.29 is 14.3 Å². The number of nitrogens with one attached hydrogen (secondary N) is 1. The monoisotopic (exact) mass is 324 g/mol. The predicted molar refractivity (Wildman–Crippen MR) is 91.7 cm³/mol. The molecule has 1 N–H and O–H groups in total. The Bertz CT molecular complexity index is 713. The van der Waals surface area contributed by atoms with Gasteiger partial charge in [0.25, 0.3) is 5.91 Å². The highest BCUT2D eigenvalue weighted by molar-refractivity contribution is 5.94. The standard InChI is InChI=1S/C19H20N2O3/c1-21-13-17(24-19(21)23)11-12-20-18(22)16-9-7-15(8-10-16)14-5-3-2-4-6-14/h2-10,17H,11-13H2,1H3,(H,20,22). The van der Waals surface area contributed by atoms with Gasteiger partial charge in [-0.05, 0) is 23.3 Å². The van der Waals surface area contributed by atoms with Gasteiger partial charge in [-0.2, -0.15) is 0 Å². The van der Waals surface area contributed by atoms with E-state index in [2.05, 4.69) is 5.32 Å². The summed E-state index contributed by atoms with van der Waals surface area (Å²) in [6, 6.07) is 17.6. The highest BCUT2D eigenvalue weighted by Gasteiger charge is 2.27. The highest BCUT2D eigenvalue weighted by Crippen LogP contribution is 2.19. The molecule has 124 valence electrons. The van der Waals surface area contributed by atoms with Gasteiger partial charge in [0, 0.05) is 25.6 Å². The summed E-state index contributed by atoms with van der Waals surface area (Å²) in [6.07, 6.45) is 0.162. The van der Waals surface area contributed by atoms with Gasteiger partial charge in [0.2, 0.25) is 0 Å². The van der Waals surface area contributed by atoms with E-state index in [1.807, 2.05) is 54.6 Å². The van der Waals surface area contributed by atoms with E-state index in [1.54, 1.807) is 7.05 Å². The van der Waals surface area contributed by atoms with Gasteiger partial charge >= 0.3 is 6.09 Å². The van der Waals surface area contributed by atoms with Crippen molar-refractivity contribution in [2.45, 2.75) is 12.5 Å². The number of hydrogen-bond donors (Lipinski definition) is 1. The molecule has 2 aromatic carbocycles. The van der Waals surface area contributed by atoms with E-state index in [0.717, 1.165) is 11.1 Å². The molecule has 2 aromatic rings. The van der Waals surface area contributed by atoms with Crippen LogP contribution in [0, 0.1) is 0 Å². The first-order valence-electron chi connectivity index (χ1n) is 7.99. The topological polar surface area (TPSA) is 58.6 Å². The first-order valence-corrected chi connectivity index (χ1v) is 7.99. The Morgan fingerprint density at radius 1 is 1.12 bits per heavy atom. The number of nitrogens with zero attached hydrogens (tertiary/aromatic N) is 1. The van der Waals surface area contributed by atoms with E-state index in [4.69, 9.17) is 4.74 Å². The van der Waals surface area contributed by atoms with E-state index >= 15 is 0 Å². The fraction of sp³-hybridized carbons (Fsp3) is 0.263.